The second-order valence-corrected chi connectivity index (χ2v) is 3.80. The van der Waals surface area contributed by atoms with Gasteiger partial charge in [-0.3, -0.25) is 0 Å². The van der Waals surface area contributed by atoms with Gasteiger partial charge >= 0.3 is 6.18 Å². The topological polar surface area (TPSA) is 9.23 Å². The molecule has 78 valence electrons. The Kier molecular flexibility index (Phi) is 3.22. The normalized spacial score (nSPS) is 36.2. The number of alkyl halides is 3. The van der Waals surface area contributed by atoms with Crippen LogP contribution in [0.4, 0.5) is 13.2 Å². The molecule has 1 aliphatic carbocycles. The zero-order valence-electron chi connectivity index (χ0n) is 7.90. The highest BCUT2D eigenvalue weighted by molar-refractivity contribution is 4.81. The maximum absolute atomic E-state index is 12.3. The first-order valence-corrected chi connectivity index (χ1v) is 4.54. The summed E-state index contributed by atoms with van der Waals surface area (Å²) in [5.41, 5.74) is 0. The number of ether oxygens (including phenoxy) is 1. The lowest BCUT2D eigenvalue weighted by Gasteiger charge is -2.34. The molecule has 4 heteroatoms. The van der Waals surface area contributed by atoms with E-state index in [4.69, 9.17) is 4.74 Å². The highest BCUT2D eigenvalue weighted by Gasteiger charge is 2.43. The first-order valence-electron chi connectivity index (χ1n) is 4.54. The van der Waals surface area contributed by atoms with Crippen LogP contribution in [0.1, 0.15) is 26.2 Å². The maximum Gasteiger partial charge on any atom is 0.391 e. The molecule has 1 fully saturated rings. The molecule has 3 unspecified atom stereocenters. The van der Waals surface area contributed by atoms with E-state index >= 15 is 0 Å². The molecule has 1 rings (SSSR count). The van der Waals surface area contributed by atoms with E-state index in [9.17, 15) is 13.2 Å². The van der Waals surface area contributed by atoms with E-state index in [1.165, 1.54) is 0 Å². The standard InChI is InChI=1S/C9H15F3O/c1-6-5-7(9(10,11)12)3-4-8(6)13-2/h6-8H,3-5H2,1-2H3. The highest BCUT2D eigenvalue weighted by atomic mass is 19.4. The van der Waals surface area contributed by atoms with Gasteiger partial charge in [0.05, 0.1) is 12.0 Å². The minimum absolute atomic E-state index is 0.0126. The van der Waals surface area contributed by atoms with Gasteiger partial charge in [0.2, 0.25) is 0 Å². The van der Waals surface area contributed by atoms with Gasteiger partial charge in [-0.15, -0.1) is 0 Å². The van der Waals surface area contributed by atoms with Crippen molar-refractivity contribution in [1.29, 1.82) is 0 Å². The van der Waals surface area contributed by atoms with Crippen LogP contribution in [0.3, 0.4) is 0 Å². The number of methoxy groups -OCH3 is 1. The Hall–Kier alpha value is -0.250. The smallest absolute Gasteiger partial charge is 0.381 e. The first-order chi connectivity index (χ1) is 5.95. The molecule has 0 bridgehead atoms. The van der Waals surface area contributed by atoms with E-state index in [1.807, 2.05) is 6.92 Å². The monoisotopic (exact) mass is 196 g/mol. The Morgan fingerprint density at radius 3 is 2.23 bits per heavy atom. The molecule has 1 saturated carbocycles. The average molecular weight is 196 g/mol. The van der Waals surface area contributed by atoms with Crippen LogP contribution < -0.4 is 0 Å². The third kappa shape index (κ3) is 2.59. The number of hydrogen-bond acceptors (Lipinski definition) is 1. The number of rotatable bonds is 1. The molecule has 0 spiro atoms. The summed E-state index contributed by atoms with van der Waals surface area (Å²) in [6.45, 7) is 1.83. The van der Waals surface area contributed by atoms with Crippen LogP contribution in [-0.2, 0) is 4.74 Å². The highest BCUT2D eigenvalue weighted by Crippen LogP contribution is 2.40. The summed E-state index contributed by atoms with van der Waals surface area (Å²) in [7, 11) is 1.56. The molecule has 0 N–H and O–H groups in total. The van der Waals surface area contributed by atoms with Crippen molar-refractivity contribution in [3.8, 4) is 0 Å². The second-order valence-electron chi connectivity index (χ2n) is 3.80. The zero-order chi connectivity index (χ0) is 10.1. The van der Waals surface area contributed by atoms with E-state index in [0.29, 0.717) is 6.42 Å². The van der Waals surface area contributed by atoms with Gasteiger partial charge in [-0.1, -0.05) is 6.92 Å². The molecule has 1 nitrogen and oxygen atoms in total. The number of halogens is 3. The number of hydrogen-bond donors (Lipinski definition) is 0. The molecule has 0 aromatic heterocycles. The molecule has 0 saturated heterocycles. The van der Waals surface area contributed by atoms with Crippen LogP contribution in [0.25, 0.3) is 0 Å². The predicted molar refractivity (Wildman–Crippen MR) is 43.4 cm³/mol. The molecular weight excluding hydrogens is 181 g/mol. The molecular formula is C9H15F3O. The lowest BCUT2D eigenvalue weighted by Crippen LogP contribution is -2.35. The first kappa shape index (κ1) is 10.8. The lowest BCUT2D eigenvalue weighted by molar-refractivity contribution is -0.192. The quantitative estimate of drug-likeness (QED) is 0.626. The third-order valence-electron chi connectivity index (χ3n) is 2.86. The Morgan fingerprint density at radius 1 is 1.23 bits per heavy atom. The van der Waals surface area contributed by atoms with Gasteiger partial charge in [0.25, 0.3) is 0 Å². The van der Waals surface area contributed by atoms with E-state index in [-0.39, 0.29) is 24.9 Å². The fourth-order valence-electron chi connectivity index (χ4n) is 2.02. The van der Waals surface area contributed by atoms with Crippen LogP contribution in [0, 0.1) is 11.8 Å². The zero-order valence-corrected chi connectivity index (χ0v) is 7.90. The van der Waals surface area contributed by atoms with Crippen LogP contribution >= 0.6 is 0 Å². The van der Waals surface area contributed by atoms with Crippen molar-refractivity contribution in [2.75, 3.05) is 7.11 Å². The lowest BCUT2D eigenvalue weighted by atomic mass is 9.80. The molecule has 0 amide bonds. The summed E-state index contributed by atoms with van der Waals surface area (Å²) >= 11 is 0. The summed E-state index contributed by atoms with van der Waals surface area (Å²) in [6, 6.07) is 0. The van der Waals surface area contributed by atoms with Gasteiger partial charge in [0.15, 0.2) is 0 Å². The third-order valence-corrected chi connectivity index (χ3v) is 2.86. The predicted octanol–water partition coefficient (Wildman–Crippen LogP) is 3.00. The Bertz CT molecular complexity index is 167. The van der Waals surface area contributed by atoms with Crippen molar-refractivity contribution in [2.24, 2.45) is 11.8 Å². The summed E-state index contributed by atoms with van der Waals surface area (Å²) < 4.78 is 42.0. The minimum atomic E-state index is -4.02. The van der Waals surface area contributed by atoms with E-state index in [1.54, 1.807) is 7.11 Å². The minimum Gasteiger partial charge on any atom is -0.381 e. The SMILES string of the molecule is COC1CCC(C(F)(F)F)CC1C. The Balaban J connectivity index is 2.51. The fraction of sp³-hybridized carbons (Fsp3) is 1.00. The van der Waals surface area contributed by atoms with Crippen molar-refractivity contribution in [2.45, 2.75) is 38.5 Å². The Labute approximate surface area is 76.3 Å². The van der Waals surface area contributed by atoms with Crippen molar-refractivity contribution in [3.63, 3.8) is 0 Å². The largest absolute Gasteiger partial charge is 0.391 e. The molecule has 0 aliphatic heterocycles. The van der Waals surface area contributed by atoms with Gasteiger partial charge in [-0.2, -0.15) is 13.2 Å². The van der Waals surface area contributed by atoms with Gasteiger partial charge in [0.1, 0.15) is 0 Å². The fourth-order valence-corrected chi connectivity index (χ4v) is 2.02. The maximum atomic E-state index is 12.3. The van der Waals surface area contributed by atoms with Gasteiger partial charge < -0.3 is 4.74 Å². The van der Waals surface area contributed by atoms with Gasteiger partial charge in [0, 0.05) is 7.11 Å². The van der Waals surface area contributed by atoms with Crippen LogP contribution in [-0.4, -0.2) is 19.4 Å². The van der Waals surface area contributed by atoms with Crippen molar-refractivity contribution in [3.05, 3.63) is 0 Å². The molecule has 13 heavy (non-hydrogen) atoms. The Morgan fingerprint density at radius 2 is 1.85 bits per heavy atom. The van der Waals surface area contributed by atoms with Crippen LogP contribution in [0.2, 0.25) is 0 Å². The molecule has 3 atom stereocenters. The second kappa shape index (κ2) is 3.86. The van der Waals surface area contributed by atoms with Crippen molar-refractivity contribution in [1.82, 2.24) is 0 Å². The molecule has 1 aliphatic rings. The van der Waals surface area contributed by atoms with Crippen molar-refractivity contribution < 1.29 is 17.9 Å². The summed E-state index contributed by atoms with van der Waals surface area (Å²) in [6.07, 6.45) is -3.05. The van der Waals surface area contributed by atoms with Crippen molar-refractivity contribution >= 4 is 0 Å². The molecule has 0 radical (unpaired) electrons. The van der Waals surface area contributed by atoms with E-state index in [0.717, 1.165) is 0 Å². The summed E-state index contributed by atoms with van der Waals surface area (Å²) in [5.74, 6) is -1.10. The molecule has 0 aromatic rings. The van der Waals surface area contributed by atoms with Gasteiger partial charge in [-0.25, -0.2) is 0 Å². The summed E-state index contributed by atoms with van der Waals surface area (Å²) in [5, 5.41) is 0. The molecule has 0 heterocycles. The van der Waals surface area contributed by atoms with E-state index < -0.39 is 12.1 Å². The molecule has 0 aromatic carbocycles. The average Bonchev–Trinajstić information content (AvgIpc) is 2.02. The van der Waals surface area contributed by atoms with Crippen LogP contribution in [0.15, 0.2) is 0 Å². The van der Waals surface area contributed by atoms with Crippen LogP contribution in [0.5, 0.6) is 0 Å². The van der Waals surface area contributed by atoms with E-state index in [2.05, 4.69) is 0 Å². The van der Waals surface area contributed by atoms with Gasteiger partial charge in [-0.05, 0) is 25.2 Å². The summed E-state index contributed by atoms with van der Waals surface area (Å²) in [4.78, 5) is 0.